The normalized spacial score (nSPS) is 14.8. The van der Waals surface area contributed by atoms with Crippen LogP contribution in [0.4, 0.5) is 5.69 Å². The van der Waals surface area contributed by atoms with Crippen molar-refractivity contribution < 1.29 is 4.74 Å². The van der Waals surface area contributed by atoms with E-state index in [4.69, 9.17) is 9.72 Å². The molecule has 2 aromatic heterocycles. The van der Waals surface area contributed by atoms with Crippen molar-refractivity contribution in [2.45, 2.75) is 25.8 Å². The van der Waals surface area contributed by atoms with E-state index < -0.39 is 0 Å². The SMILES string of the molecule is COc1cc(N2CCC(N(C)C)CC2)ccc1-c1nc2c(C)nn(-c3ccccc3)c2c(=O)[nH]1. The Morgan fingerprint density at radius 1 is 1.06 bits per heavy atom. The van der Waals surface area contributed by atoms with Crippen molar-refractivity contribution in [1.29, 1.82) is 0 Å². The van der Waals surface area contributed by atoms with E-state index in [1.807, 2.05) is 49.4 Å². The number of nitrogens with zero attached hydrogens (tertiary/aromatic N) is 5. The Bertz CT molecular complexity index is 1370. The molecule has 8 nitrogen and oxygen atoms in total. The molecule has 0 spiro atoms. The van der Waals surface area contributed by atoms with Gasteiger partial charge in [-0.2, -0.15) is 5.10 Å². The number of benzene rings is 2. The molecule has 34 heavy (non-hydrogen) atoms. The van der Waals surface area contributed by atoms with Crippen LogP contribution in [0.1, 0.15) is 18.5 Å². The summed E-state index contributed by atoms with van der Waals surface area (Å²) in [6.45, 7) is 3.88. The lowest BCUT2D eigenvalue weighted by atomic mass is 10.0. The molecule has 2 aromatic carbocycles. The third-order valence-electron chi connectivity index (χ3n) is 6.70. The van der Waals surface area contributed by atoms with E-state index in [1.165, 1.54) is 0 Å². The fraction of sp³-hybridized carbons (Fsp3) is 0.346. The number of H-pyrrole nitrogens is 1. The van der Waals surface area contributed by atoms with Gasteiger partial charge in [0.25, 0.3) is 5.56 Å². The van der Waals surface area contributed by atoms with Crippen molar-refractivity contribution >= 4 is 16.7 Å². The zero-order valence-corrected chi connectivity index (χ0v) is 20.1. The van der Waals surface area contributed by atoms with E-state index in [0.717, 1.165) is 42.9 Å². The number of anilines is 1. The number of rotatable bonds is 5. The quantitative estimate of drug-likeness (QED) is 0.492. The van der Waals surface area contributed by atoms with Crippen molar-refractivity contribution in [3.8, 4) is 22.8 Å². The maximum Gasteiger partial charge on any atom is 0.277 e. The highest BCUT2D eigenvalue weighted by Gasteiger charge is 2.22. The molecule has 3 heterocycles. The molecule has 4 aromatic rings. The first-order valence-electron chi connectivity index (χ1n) is 11.6. The number of ether oxygens (including phenoxy) is 1. The number of para-hydroxylation sites is 1. The largest absolute Gasteiger partial charge is 0.496 e. The second-order valence-electron chi connectivity index (χ2n) is 9.01. The van der Waals surface area contributed by atoms with Crippen LogP contribution in [0.5, 0.6) is 5.75 Å². The highest BCUT2D eigenvalue weighted by atomic mass is 16.5. The summed E-state index contributed by atoms with van der Waals surface area (Å²) in [6, 6.07) is 16.3. The van der Waals surface area contributed by atoms with Crippen LogP contribution in [0.3, 0.4) is 0 Å². The number of hydrogen-bond acceptors (Lipinski definition) is 6. The van der Waals surface area contributed by atoms with Gasteiger partial charge in [0, 0.05) is 30.9 Å². The number of aromatic nitrogens is 4. The molecule has 0 atom stereocenters. The Morgan fingerprint density at radius 3 is 2.47 bits per heavy atom. The predicted octanol–water partition coefficient (Wildman–Crippen LogP) is 3.62. The molecule has 1 aliphatic rings. The molecule has 176 valence electrons. The Kier molecular flexibility index (Phi) is 5.83. The lowest BCUT2D eigenvalue weighted by molar-refractivity contribution is 0.249. The van der Waals surface area contributed by atoms with Gasteiger partial charge in [0.05, 0.1) is 24.1 Å². The van der Waals surface area contributed by atoms with Crippen LogP contribution in [0.15, 0.2) is 53.3 Å². The van der Waals surface area contributed by atoms with Gasteiger partial charge in [0.2, 0.25) is 0 Å². The summed E-state index contributed by atoms with van der Waals surface area (Å²) in [5.74, 6) is 1.16. The molecule has 0 amide bonds. The summed E-state index contributed by atoms with van der Waals surface area (Å²) in [5.41, 5.74) is 4.17. The molecule has 8 heteroatoms. The third-order valence-corrected chi connectivity index (χ3v) is 6.70. The first-order chi connectivity index (χ1) is 16.5. The van der Waals surface area contributed by atoms with Crippen molar-refractivity contribution in [2.24, 2.45) is 0 Å². The molecule has 1 aliphatic heterocycles. The van der Waals surface area contributed by atoms with Crippen molar-refractivity contribution in [2.75, 3.05) is 39.2 Å². The molecular formula is C26H30N6O2. The van der Waals surface area contributed by atoms with Gasteiger partial charge in [-0.3, -0.25) is 4.79 Å². The second-order valence-corrected chi connectivity index (χ2v) is 9.01. The second kappa shape index (κ2) is 8.95. The van der Waals surface area contributed by atoms with E-state index in [1.54, 1.807) is 11.8 Å². The summed E-state index contributed by atoms with van der Waals surface area (Å²) in [7, 11) is 5.94. The summed E-state index contributed by atoms with van der Waals surface area (Å²) in [6.07, 6.45) is 2.26. The maximum atomic E-state index is 13.2. The zero-order valence-electron chi connectivity index (χ0n) is 20.1. The number of aryl methyl sites for hydroxylation is 1. The Morgan fingerprint density at radius 2 is 1.79 bits per heavy atom. The molecule has 1 saturated heterocycles. The Labute approximate surface area is 198 Å². The minimum Gasteiger partial charge on any atom is -0.496 e. The average molecular weight is 459 g/mol. The van der Waals surface area contributed by atoms with E-state index in [9.17, 15) is 4.79 Å². The lowest BCUT2D eigenvalue weighted by Gasteiger charge is -2.36. The minimum atomic E-state index is -0.235. The van der Waals surface area contributed by atoms with E-state index in [0.29, 0.717) is 34.3 Å². The smallest absolute Gasteiger partial charge is 0.277 e. The number of hydrogen-bond donors (Lipinski definition) is 1. The van der Waals surface area contributed by atoms with Gasteiger partial charge in [-0.05, 0) is 58.1 Å². The molecule has 1 fully saturated rings. The molecule has 0 bridgehead atoms. The van der Waals surface area contributed by atoms with E-state index >= 15 is 0 Å². The molecule has 0 saturated carbocycles. The molecular weight excluding hydrogens is 428 g/mol. The first kappa shape index (κ1) is 22.2. The molecule has 5 rings (SSSR count). The number of methoxy groups -OCH3 is 1. The van der Waals surface area contributed by atoms with Gasteiger partial charge < -0.3 is 19.5 Å². The fourth-order valence-corrected chi connectivity index (χ4v) is 4.76. The van der Waals surface area contributed by atoms with Crippen LogP contribution in [-0.4, -0.2) is 65.0 Å². The number of fused-ring (bicyclic) bond motifs is 1. The van der Waals surface area contributed by atoms with Crippen LogP contribution >= 0.6 is 0 Å². The van der Waals surface area contributed by atoms with Crippen molar-refractivity contribution in [1.82, 2.24) is 24.6 Å². The maximum absolute atomic E-state index is 13.2. The Balaban J connectivity index is 1.51. The highest BCUT2D eigenvalue weighted by molar-refractivity contribution is 5.81. The average Bonchev–Trinajstić information content (AvgIpc) is 3.21. The van der Waals surface area contributed by atoms with Crippen molar-refractivity contribution in [3.63, 3.8) is 0 Å². The summed E-state index contributed by atoms with van der Waals surface area (Å²) in [5, 5.41) is 4.58. The topological polar surface area (TPSA) is 79.3 Å². The van der Waals surface area contributed by atoms with Crippen molar-refractivity contribution in [3.05, 3.63) is 64.6 Å². The van der Waals surface area contributed by atoms with Crippen LogP contribution < -0.4 is 15.2 Å². The summed E-state index contributed by atoms with van der Waals surface area (Å²) in [4.78, 5) is 25.6. The predicted molar refractivity (Wildman–Crippen MR) is 135 cm³/mol. The Hall–Kier alpha value is -3.65. The molecule has 0 radical (unpaired) electrons. The zero-order chi connectivity index (χ0) is 23.8. The first-order valence-corrected chi connectivity index (χ1v) is 11.6. The number of piperidine rings is 1. The number of nitrogens with one attached hydrogen (secondary N) is 1. The van der Waals surface area contributed by atoms with E-state index in [2.05, 4.69) is 40.0 Å². The van der Waals surface area contributed by atoms with Gasteiger partial charge in [-0.1, -0.05) is 18.2 Å². The highest BCUT2D eigenvalue weighted by Crippen LogP contribution is 2.33. The van der Waals surface area contributed by atoms with E-state index in [-0.39, 0.29) is 5.56 Å². The summed E-state index contributed by atoms with van der Waals surface area (Å²) < 4.78 is 7.38. The van der Waals surface area contributed by atoms with Crippen LogP contribution in [0.25, 0.3) is 28.1 Å². The monoisotopic (exact) mass is 458 g/mol. The lowest BCUT2D eigenvalue weighted by Crippen LogP contribution is -2.41. The third kappa shape index (κ3) is 3.94. The molecule has 1 N–H and O–H groups in total. The van der Waals surface area contributed by atoms with Gasteiger partial charge in [-0.25, -0.2) is 9.67 Å². The van der Waals surface area contributed by atoms with Gasteiger partial charge >= 0.3 is 0 Å². The standard InChI is InChI=1S/C26H30N6O2/c1-17-23-24(32(29-17)19-8-6-5-7-9-19)26(33)28-25(27-23)21-11-10-20(16-22(21)34-4)31-14-12-18(13-15-31)30(2)3/h5-11,16,18H,12-15H2,1-4H3,(H,27,28,33). The van der Waals surface area contributed by atoms with Crippen LogP contribution in [0, 0.1) is 6.92 Å². The van der Waals surface area contributed by atoms with Crippen LogP contribution in [0.2, 0.25) is 0 Å². The van der Waals surface area contributed by atoms with Crippen LogP contribution in [-0.2, 0) is 0 Å². The van der Waals surface area contributed by atoms with Gasteiger partial charge in [0.1, 0.15) is 17.1 Å². The molecule has 0 unspecified atom stereocenters. The van der Waals surface area contributed by atoms with Gasteiger partial charge in [-0.15, -0.1) is 0 Å². The van der Waals surface area contributed by atoms with Gasteiger partial charge in [0.15, 0.2) is 5.52 Å². The summed E-state index contributed by atoms with van der Waals surface area (Å²) >= 11 is 0. The fourth-order valence-electron chi connectivity index (χ4n) is 4.76. The minimum absolute atomic E-state index is 0.235. The number of aromatic amines is 1. The molecule has 0 aliphatic carbocycles.